The highest BCUT2D eigenvalue weighted by Crippen LogP contribution is 2.38. The number of amidine groups is 1. The number of nitrogens with zero attached hydrogens (tertiary/aromatic N) is 2. The minimum Gasteiger partial charge on any atom is -0.382 e. The third-order valence-electron chi connectivity index (χ3n) is 11.6. The molecule has 2 aliphatic carbocycles. The predicted octanol–water partition coefficient (Wildman–Crippen LogP) is 9.48. The molecule has 0 radical (unpaired) electrons. The molecule has 0 saturated heterocycles. The summed E-state index contributed by atoms with van der Waals surface area (Å²) < 4.78 is 0. The van der Waals surface area contributed by atoms with Crippen molar-refractivity contribution < 1.29 is 0 Å². The number of aliphatic imine (C=N–C) groups is 1. The number of dihydropyridines is 3. The molecule has 6 heteroatoms. The summed E-state index contributed by atoms with van der Waals surface area (Å²) >= 11 is 0. The first-order valence-corrected chi connectivity index (χ1v) is 20.0. The van der Waals surface area contributed by atoms with Crippen molar-refractivity contribution in [3.8, 4) is 0 Å². The van der Waals surface area contributed by atoms with Gasteiger partial charge in [-0.2, -0.15) is 0 Å². The Kier molecular flexibility index (Phi) is 8.32. The third kappa shape index (κ3) is 6.25. The van der Waals surface area contributed by atoms with E-state index in [2.05, 4.69) is 179 Å². The van der Waals surface area contributed by atoms with Gasteiger partial charge in [-0.3, -0.25) is 4.98 Å². The van der Waals surface area contributed by atoms with Gasteiger partial charge < -0.3 is 21.3 Å². The van der Waals surface area contributed by atoms with Crippen molar-refractivity contribution in [3.63, 3.8) is 0 Å². The summed E-state index contributed by atoms with van der Waals surface area (Å²) in [7, 11) is 0. The molecule has 4 N–H and O–H groups in total. The molecule has 0 fully saturated rings. The van der Waals surface area contributed by atoms with Crippen LogP contribution in [0.1, 0.15) is 39.6 Å². The standard InChI is InChI=1S/C52H40N6/c1-3-9-35(10-4-1)48-32-49(58-52(57-48)38-11-5-2-6-12-38)45-26-24-37-20-22-40(31-47(37)56-45)44-25-23-36-19-21-39(30-46(36)55-44)33-15-17-34(18-16-33)43-29-41-13-7-27-53-50(41)51-42(43)14-8-28-54-51/h1-26,28-32,46,49,51,53-55H,27H2,(H,57,58). The van der Waals surface area contributed by atoms with E-state index in [0.29, 0.717) is 0 Å². The monoisotopic (exact) mass is 748 g/mol. The van der Waals surface area contributed by atoms with Crippen LogP contribution in [0.5, 0.6) is 0 Å². The molecule has 11 rings (SSSR count). The summed E-state index contributed by atoms with van der Waals surface area (Å²) in [5, 5.41) is 15.8. The molecule has 3 atom stereocenters. The average Bonchev–Trinajstić information content (AvgIpc) is 3.31. The van der Waals surface area contributed by atoms with Crippen molar-refractivity contribution in [2.75, 3.05) is 6.54 Å². The van der Waals surface area contributed by atoms with Crippen LogP contribution in [0.4, 0.5) is 0 Å². The Labute approximate surface area is 338 Å². The average molecular weight is 749 g/mol. The van der Waals surface area contributed by atoms with E-state index in [1.165, 1.54) is 44.7 Å². The van der Waals surface area contributed by atoms with Gasteiger partial charge in [-0.15, -0.1) is 0 Å². The third-order valence-corrected chi connectivity index (χ3v) is 11.6. The largest absolute Gasteiger partial charge is 0.382 e. The molecule has 0 amide bonds. The second-order valence-electron chi connectivity index (χ2n) is 15.2. The summed E-state index contributed by atoms with van der Waals surface area (Å²) in [5.74, 6) is 0.838. The molecule has 278 valence electrons. The lowest BCUT2D eigenvalue weighted by Crippen LogP contribution is -2.40. The Morgan fingerprint density at radius 3 is 2.29 bits per heavy atom. The Bertz CT molecular complexity index is 2840. The maximum absolute atomic E-state index is 5.25. The number of fused-ring (bicyclic) bond motifs is 4. The first-order chi connectivity index (χ1) is 28.7. The lowest BCUT2D eigenvalue weighted by molar-refractivity contribution is 0.676. The minimum absolute atomic E-state index is 0.0568. The topological polar surface area (TPSA) is 73.4 Å². The molecular formula is C52H40N6. The zero-order valence-electron chi connectivity index (χ0n) is 31.7. The van der Waals surface area contributed by atoms with Crippen LogP contribution in [0, 0.1) is 0 Å². The van der Waals surface area contributed by atoms with Crippen molar-refractivity contribution >= 4 is 39.3 Å². The molecule has 5 heterocycles. The molecule has 4 aromatic carbocycles. The van der Waals surface area contributed by atoms with E-state index in [1.54, 1.807) is 0 Å². The van der Waals surface area contributed by atoms with E-state index in [-0.39, 0.29) is 18.1 Å². The zero-order chi connectivity index (χ0) is 38.4. The SMILES string of the molecule is C1=CNC2C(=C1)C(c1ccc(C3=CC4NC(c5ccc6ccc(C7C=C(c8ccccc8)N=C(c8ccccc8)N7)nc6c5)=CC=C4C=C3)cc1)=CC1=C2NCC=C1. The smallest absolute Gasteiger partial charge is 0.134 e. The van der Waals surface area contributed by atoms with Gasteiger partial charge in [0.1, 0.15) is 5.84 Å². The van der Waals surface area contributed by atoms with Crippen LogP contribution in [0.2, 0.25) is 0 Å². The summed E-state index contributed by atoms with van der Waals surface area (Å²) in [6, 6.07) is 40.6. The zero-order valence-corrected chi connectivity index (χ0v) is 31.7. The number of hydrogen-bond donors (Lipinski definition) is 4. The fraction of sp³-hybridized carbons (Fsp3) is 0.0769. The summed E-state index contributed by atoms with van der Waals surface area (Å²) in [5.41, 5.74) is 17.0. The highest BCUT2D eigenvalue weighted by Gasteiger charge is 2.30. The van der Waals surface area contributed by atoms with Crippen molar-refractivity contribution in [1.29, 1.82) is 0 Å². The number of benzene rings is 4. The first kappa shape index (κ1) is 33.9. The van der Waals surface area contributed by atoms with Crippen LogP contribution in [0.25, 0.3) is 33.4 Å². The molecule has 4 aliphatic heterocycles. The summed E-state index contributed by atoms with van der Waals surface area (Å²) in [6.07, 6.45) is 26.5. The maximum atomic E-state index is 5.25. The normalized spacial score (nSPS) is 21.5. The van der Waals surface area contributed by atoms with Crippen LogP contribution in [-0.2, 0) is 0 Å². The Hall–Kier alpha value is -7.44. The van der Waals surface area contributed by atoms with Gasteiger partial charge in [0.15, 0.2) is 0 Å². The van der Waals surface area contributed by atoms with Crippen LogP contribution in [0.3, 0.4) is 0 Å². The Morgan fingerprint density at radius 2 is 1.43 bits per heavy atom. The number of allylic oxidation sites excluding steroid dienone is 9. The highest BCUT2D eigenvalue weighted by atomic mass is 15.1. The van der Waals surface area contributed by atoms with E-state index < -0.39 is 0 Å². The van der Waals surface area contributed by atoms with Crippen LogP contribution in [-0.4, -0.2) is 29.4 Å². The van der Waals surface area contributed by atoms with Crippen molar-refractivity contribution in [3.05, 3.63) is 244 Å². The number of aromatic nitrogens is 1. The van der Waals surface area contributed by atoms with E-state index in [9.17, 15) is 0 Å². The quantitative estimate of drug-likeness (QED) is 0.139. The van der Waals surface area contributed by atoms with Crippen LogP contribution in [0.15, 0.2) is 216 Å². The highest BCUT2D eigenvalue weighted by molar-refractivity contribution is 6.03. The molecule has 6 nitrogen and oxygen atoms in total. The van der Waals surface area contributed by atoms with Gasteiger partial charge in [0.2, 0.25) is 0 Å². The number of nitrogens with one attached hydrogen (secondary N) is 4. The maximum Gasteiger partial charge on any atom is 0.134 e. The predicted molar refractivity (Wildman–Crippen MR) is 238 cm³/mol. The van der Waals surface area contributed by atoms with Gasteiger partial charge in [0.05, 0.1) is 35.0 Å². The van der Waals surface area contributed by atoms with Gasteiger partial charge >= 0.3 is 0 Å². The lowest BCUT2D eigenvalue weighted by Gasteiger charge is -2.34. The molecule has 58 heavy (non-hydrogen) atoms. The number of hydrogen-bond acceptors (Lipinski definition) is 6. The van der Waals surface area contributed by atoms with E-state index in [4.69, 9.17) is 9.98 Å². The number of pyridine rings is 1. The molecule has 0 spiro atoms. The molecular weight excluding hydrogens is 709 g/mol. The van der Waals surface area contributed by atoms with Crippen molar-refractivity contribution in [1.82, 2.24) is 26.3 Å². The molecule has 5 aromatic rings. The molecule has 0 saturated carbocycles. The molecule has 6 aliphatic rings. The van der Waals surface area contributed by atoms with Gasteiger partial charge in [-0.05, 0) is 92.8 Å². The first-order valence-electron chi connectivity index (χ1n) is 20.0. The fourth-order valence-corrected chi connectivity index (χ4v) is 8.60. The molecule has 0 bridgehead atoms. The molecule has 1 aromatic heterocycles. The summed E-state index contributed by atoms with van der Waals surface area (Å²) in [4.78, 5) is 10.3. The Balaban J connectivity index is 0.849. The lowest BCUT2D eigenvalue weighted by atomic mass is 9.81. The van der Waals surface area contributed by atoms with Crippen molar-refractivity contribution in [2.24, 2.45) is 4.99 Å². The van der Waals surface area contributed by atoms with E-state index in [1.807, 2.05) is 30.5 Å². The fourth-order valence-electron chi connectivity index (χ4n) is 8.60. The number of rotatable bonds is 6. The van der Waals surface area contributed by atoms with E-state index in [0.717, 1.165) is 57.1 Å². The Morgan fingerprint density at radius 1 is 0.638 bits per heavy atom. The van der Waals surface area contributed by atoms with Crippen molar-refractivity contribution in [2.45, 2.75) is 18.1 Å². The second kappa shape index (κ2) is 14.3. The van der Waals surface area contributed by atoms with Gasteiger partial charge in [0.25, 0.3) is 0 Å². The van der Waals surface area contributed by atoms with Gasteiger partial charge in [0, 0.05) is 28.9 Å². The molecule has 3 unspecified atom stereocenters. The summed E-state index contributed by atoms with van der Waals surface area (Å²) in [6.45, 7) is 0.860. The van der Waals surface area contributed by atoms with Crippen LogP contribution < -0.4 is 21.3 Å². The van der Waals surface area contributed by atoms with Gasteiger partial charge in [-0.25, -0.2) is 4.99 Å². The van der Waals surface area contributed by atoms with E-state index >= 15 is 0 Å². The van der Waals surface area contributed by atoms with Gasteiger partial charge in [-0.1, -0.05) is 146 Å². The van der Waals surface area contributed by atoms with Crippen LogP contribution >= 0.6 is 0 Å². The second-order valence-corrected chi connectivity index (χ2v) is 15.2. The minimum atomic E-state index is -0.147.